The summed E-state index contributed by atoms with van der Waals surface area (Å²) < 4.78 is 1.01. The van der Waals surface area contributed by atoms with Crippen molar-refractivity contribution >= 4 is 39.2 Å². The van der Waals surface area contributed by atoms with Crippen LogP contribution in [0.2, 0.25) is 0 Å². The molecule has 7 heteroatoms. The first-order chi connectivity index (χ1) is 10.7. The summed E-state index contributed by atoms with van der Waals surface area (Å²) in [5.74, 6) is 0.171. The Morgan fingerprint density at radius 1 is 1.41 bits per heavy atom. The third-order valence-electron chi connectivity index (χ3n) is 3.85. The summed E-state index contributed by atoms with van der Waals surface area (Å²) >= 11 is 2.97. The van der Waals surface area contributed by atoms with Crippen LogP contribution in [-0.2, 0) is 4.79 Å². The van der Waals surface area contributed by atoms with Gasteiger partial charge in [-0.25, -0.2) is 9.97 Å². The molecule has 1 fully saturated rings. The largest absolute Gasteiger partial charge is 0.337 e. The summed E-state index contributed by atoms with van der Waals surface area (Å²) in [7, 11) is 0. The van der Waals surface area contributed by atoms with Crippen molar-refractivity contribution in [3.05, 3.63) is 17.8 Å². The summed E-state index contributed by atoms with van der Waals surface area (Å²) in [5, 5.41) is 15.1. The fourth-order valence-electron chi connectivity index (χ4n) is 2.73. The summed E-state index contributed by atoms with van der Waals surface area (Å²) in [4.78, 5) is 20.6. The third-order valence-corrected chi connectivity index (χ3v) is 5.88. The number of nitriles is 1. The van der Waals surface area contributed by atoms with Crippen LogP contribution >= 0.6 is 23.1 Å². The molecule has 1 aliphatic rings. The van der Waals surface area contributed by atoms with E-state index in [9.17, 15) is 10.1 Å². The zero-order chi connectivity index (χ0) is 15.4. The van der Waals surface area contributed by atoms with Crippen molar-refractivity contribution in [2.24, 2.45) is 0 Å². The molecule has 0 radical (unpaired) electrons. The van der Waals surface area contributed by atoms with E-state index in [0.29, 0.717) is 0 Å². The summed E-state index contributed by atoms with van der Waals surface area (Å²) in [6, 6.07) is 4.25. The van der Waals surface area contributed by atoms with Gasteiger partial charge in [0, 0.05) is 0 Å². The zero-order valence-corrected chi connectivity index (χ0v) is 13.7. The monoisotopic (exact) mass is 332 g/mol. The molecule has 0 aliphatic heterocycles. The molecule has 1 aliphatic carbocycles. The molecule has 0 saturated heterocycles. The molecule has 1 saturated carbocycles. The number of hydrogen-bond donors (Lipinski definition) is 1. The lowest BCUT2D eigenvalue weighted by Crippen LogP contribution is -2.49. The van der Waals surface area contributed by atoms with Gasteiger partial charge in [0.2, 0.25) is 5.91 Å². The standard InChI is InChI=1S/C15H16N4OS2/c16-9-15(5-2-1-3-6-15)19-12(20)8-22-14-13-11(4-7-21-13)17-10-18-14/h4,7,10H,1-3,5-6,8H2,(H,19,20). The van der Waals surface area contributed by atoms with Gasteiger partial charge in [0.05, 0.1) is 22.0 Å². The van der Waals surface area contributed by atoms with Crippen LogP contribution in [0.1, 0.15) is 32.1 Å². The number of thiophene rings is 1. The number of carbonyl (C=O) groups is 1. The molecule has 0 bridgehead atoms. The van der Waals surface area contributed by atoms with Crippen LogP contribution < -0.4 is 5.32 Å². The molecule has 1 amide bonds. The van der Waals surface area contributed by atoms with Gasteiger partial charge in [-0.3, -0.25) is 4.79 Å². The molecule has 0 atom stereocenters. The smallest absolute Gasteiger partial charge is 0.231 e. The number of nitrogens with one attached hydrogen (secondary N) is 1. The van der Waals surface area contributed by atoms with Crippen LogP contribution in [-0.4, -0.2) is 27.2 Å². The second-order valence-electron chi connectivity index (χ2n) is 5.41. The second-order valence-corrected chi connectivity index (χ2v) is 7.29. The second kappa shape index (κ2) is 6.63. The normalized spacial score (nSPS) is 17.0. The first-order valence-electron chi connectivity index (χ1n) is 7.26. The lowest BCUT2D eigenvalue weighted by molar-refractivity contribution is -0.120. The van der Waals surface area contributed by atoms with Gasteiger partial charge in [0.25, 0.3) is 0 Å². The van der Waals surface area contributed by atoms with Crippen LogP contribution in [0.4, 0.5) is 0 Å². The zero-order valence-electron chi connectivity index (χ0n) is 12.0. The number of fused-ring (bicyclic) bond motifs is 1. The number of amides is 1. The molecule has 22 heavy (non-hydrogen) atoms. The van der Waals surface area contributed by atoms with Crippen molar-refractivity contribution in [2.75, 3.05) is 5.75 Å². The van der Waals surface area contributed by atoms with Crippen LogP contribution in [0.25, 0.3) is 10.2 Å². The summed E-state index contributed by atoms with van der Waals surface area (Å²) in [5.41, 5.74) is 0.239. The Hall–Kier alpha value is -1.65. The highest BCUT2D eigenvalue weighted by molar-refractivity contribution is 8.00. The minimum Gasteiger partial charge on any atom is -0.337 e. The Kier molecular flexibility index (Phi) is 4.60. The fraction of sp³-hybridized carbons (Fsp3) is 0.467. The Balaban J connectivity index is 1.63. The molecular formula is C15H16N4OS2. The number of rotatable bonds is 4. The maximum Gasteiger partial charge on any atom is 0.231 e. The third kappa shape index (κ3) is 3.23. The molecule has 3 rings (SSSR count). The van der Waals surface area contributed by atoms with E-state index in [4.69, 9.17) is 0 Å². The minimum atomic E-state index is -0.667. The molecular weight excluding hydrogens is 316 g/mol. The number of thioether (sulfide) groups is 1. The minimum absolute atomic E-state index is 0.100. The maximum absolute atomic E-state index is 12.2. The van der Waals surface area contributed by atoms with Crippen molar-refractivity contribution in [2.45, 2.75) is 42.7 Å². The van der Waals surface area contributed by atoms with E-state index in [0.717, 1.165) is 47.3 Å². The van der Waals surface area contributed by atoms with E-state index in [-0.39, 0.29) is 11.7 Å². The lowest BCUT2D eigenvalue weighted by atomic mass is 9.83. The maximum atomic E-state index is 12.2. The molecule has 2 heterocycles. The van der Waals surface area contributed by atoms with Gasteiger partial charge in [-0.1, -0.05) is 31.0 Å². The SMILES string of the molecule is N#CC1(NC(=O)CSc2ncnc3ccsc23)CCCCC1. The molecule has 2 aromatic heterocycles. The van der Waals surface area contributed by atoms with Crippen molar-refractivity contribution < 1.29 is 4.79 Å². The molecule has 5 nitrogen and oxygen atoms in total. The van der Waals surface area contributed by atoms with Crippen molar-refractivity contribution in [3.63, 3.8) is 0 Å². The number of aromatic nitrogens is 2. The summed E-state index contributed by atoms with van der Waals surface area (Å²) in [6.45, 7) is 0. The lowest BCUT2D eigenvalue weighted by Gasteiger charge is -2.31. The summed E-state index contributed by atoms with van der Waals surface area (Å²) in [6.07, 6.45) is 6.18. The Labute approximate surface area is 137 Å². The van der Waals surface area contributed by atoms with Crippen LogP contribution in [0.15, 0.2) is 22.8 Å². The fourth-order valence-corrected chi connectivity index (χ4v) is 4.47. The van der Waals surface area contributed by atoms with Crippen LogP contribution in [0, 0.1) is 11.3 Å². The van der Waals surface area contributed by atoms with Gasteiger partial charge in [0.1, 0.15) is 16.9 Å². The van der Waals surface area contributed by atoms with Crippen molar-refractivity contribution in [3.8, 4) is 6.07 Å². The predicted molar refractivity (Wildman–Crippen MR) is 87.7 cm³/mol. The molecule has 0 aromatic carbocycles. The first kappa shape index (κ1) is 15.3. The van der Waals surface area contributed by atoms with Gasteiger partial charge in [-0.2, -0.15) is 5.26 Å². The van der Waals surface area contributed by atoms with Crippen LogP contribution in [0.5, 0.6) is 0 Å². The first-order valence-corrected chi connectivity index (χ1v) is 9.12. The average Bonchev–Trinajstić information content (AvgIpc) is 3.03. The number of hydrogen-bond acceptors (Lipinski definition) is 6. The van der Waals surface area contributed by atoms with E-state index in [1.54, 1.807) is 11.3 Å². The van der Waals surface area contributed by atoms with Gasteiger partial charge in [0.15, 0.2) is 0 Å². The van der Waals surface area contributed by atoms with E-state index in [2.05, 4.69) is 21.4 Å². The van der Waals surface area contributed by atoms with E-state index in [1.165, 1.54) is 18.1 Å². The van der Waals surface area contributed by atoms with E-state index < -0.39 is 5.54 Å². The highest BCUT2D eigenvalue weighted by Crippen LogP contribution is 2.30. The van der Waals surface area contributed by atoms with Crippen molar-refractivity contribution in [1.29, 1.82) is 5.26 Å². The highest BCUT2D eigenvalue weighted by atomic mass is 32.2. The predicted octanol–water partition coefficient (Wildman–Crippen LogP) is 3.13. The van der Waals surface area contributed by atoms with Gasteiger partial charge < -0.3 is 5.32 Å². The van der Waals surface area contributed by atoms with Gasteiger partial charge >= 0.3 is 0 Å². The van der Waals surface area contributed by atoms with E-state index >= 15 is 0 Å². The highest BCUT2D eigenvalue weighted by Gasteiger charge is 2.33. The molecule has 0 spiro atoms. The van der Waals surface area contributed by atoms with Gasteiger partial charge in [-0.15, -0.1) is 11.3 Å². The van der Waals surface area contributed by atoms with Crippen molar-refractivity contribution in [1.82, 2.24) is 15.3 Å². The Morgan fingerprint density at radius 3 is 3.00 bits per heavy atom. The Morgan fingerprint density at radius 2 is 2.23 bits per heavy atom. The molecule has 114 valence electrons. The Bertz CT molecular complexity index is 716. The van der Waals surface area contributed by atoms with E-state index in [1.807, 2.05) is 11.4 Å². The number of nitrogens with zero attached hydrogens (tertiary/aromatic N) is 3. The molecule has 1 N–H and O–H groups in total. The molecule has 2 aromatic rings. The molecule has 0 unspecified atom stereocenters. The topological polar surface area (TPSA) is 78.7 Å². The number of carbonyl (C=O) groups excluding carboxylic acids is 1. The van der Waals surface area contributed by atoms with Crippen LogP contribution in [0.3, 0.4) is 0 Å². The quantitative estimate of drug-likeness (QED) is 0.687. The van der Waals surface area contributed by atoms with Gasteiger partial charge in [-0.05, 0) is 24.3 Å². The average molecular weight is 332 g/mol.